The summed E-state index contributed by atoms with van der Waals surface area (Å²) in [5, 5.41) is 8.80. The Morgan fingerprint density at radius 2 is 2.20 bits per heavy atom. The van der Waals surface area contributed by atoms with Crippen LogP contribution in [-0.2, 0) is 6.54 Å². The molecule has 1 aliphatic rings. The Kier molecular flexibility index (Phi) is 5.58. The number of halogens is 1. The van der Waals surface area contributed by atoms with Crippen LogP contribution in [-0.4, -0.2) is 29.7 Å². The minimum absolute atomic E-state index is 0.197. The molecule has 2 nitrogen and oxygen atoms in total. The average molecular weight is 275 g/mol. The van der Waals surface area contributed by atoms with Crippen LogP contribution in [0.4, 0.5) is 4.39 Å². The van der Waals surface area contributed by atoms with Crippen LogP contribution in [0, 0.1) is 23.6 Å². The zero-order valence-electron chi connectivity index (χ0n) is 12.0. The molecule has 20 heavy (non-hydrogen) atoms. The predicted octanol–water partition coefficient (Wildman–Crippen LogP) is 2.79. The highest BCUT2D eigenvalue weighted by Crippen LogP contribution is 2.19. The van der Waals surface area contributed by atoms with E-state index < -0.39 is 0 Å². The number of hydrogen-bond acceptors (Lipinski definition) is 2. The Bertz CT molecular complexity index is 503. The second-order valence-electron chi connectivity index (χ2n) is 5.57. The minimum atomic E-state index is -0.277. The quantitative estimate of drug-likeness (QED) is 0.839. The van der Waals surface area contributed by atoms with Gasteiger partial charge in [0, 0.05) is 12.1 Å². The molecule has 0 aliphatic carbocycles. The fourth-order valence-electron chi connectivity index (χ4n) is 2.66. The number of benzene rings is 1. The summed E-state index contributed by atoms with van der Waals surface area (Å²) >= 11 is 0. The van der Waals surface area contributed by atoms with Gasteiger partial charge in [0.05, 0.1) is 0 Å². The van der Waals surface area contributed by atoms with Crippen molar-refractivity contribution in [1.29, 1.82) is 0 Å². The SMILES string of the molecule is CC1CCCN(Cc2ccc(F)cc2C#CCO)CC1. The highest BCUT2D eigenvalue weighted by molar-refractivity contribution is 5.41. The summed E-state index contributed by atoms with van der Waals surface area (Å²) in [6.45, 7) is 5.10. The van der Waals surface area contributed by atoms with Crippen LogP contribution in [0.15, 0.2) is 18.2 Å². The fourth-order valence-corrected chi connectivity index (χ4v) is 2.66. The van der Waals surface area contributed by atoms with Gasteiger partial charge >= 0.3 is 0 Å². The fraction of sp³-hybridized carbons (Fsp3) is 0.529. The molecule has 0 bridgehead atoms. The number of hydrogen-bond donors (Lipinski definition) is 1. The van der Waals surface area contributed by atoms with Crippen molar-refractivity contribution in [1.82, 2.24) is 4.90 Å². The number of rotatable bonds is 2. The van der Waals surface area contributed by atoms with E-state index in [4.69, 9.17) is 5.11 Å². The third-order valence-electron chi connectivity index (χ3n) is 3.88. The molecule has 1 saturated heterocycles. The summed E-state index contributed by atoms with van der Waals surface area (Å²) in [6, 6.07) is 4.75. The molecule has 0 aromatic heterocycles. The van der Waals surface area contributed by atoms with Crippen molar-refractivity contribution in [3.05, 3.63) is 35.1 Å². The van der Waals surface area contributed by atoms with E-state index in [1.807, 2.05) is 6.07 Å². The summed E-state index contributed by atoms with van der Waals surface area (Å²) < 4.78 is 13.3. The molecule has 1 aromatic carbocycles. The third-order valence-corrected chi connectivity index (χ3v) is 3.88. The maximum Gasteiger partial charge on any atom is 0.124 e. The molecule has 1 atom stereocenters. The van der Waals surface area contributed by atoms with Crippen molar-refractivity contribution in [2.75, 3.05) is 19.7 Å². The van der Waals surface area contributed by atoms with Gasteiger partial charge in [-0.2, -0.15) is 0 Å². The summed E-state index contributed by atoms with van der Waals surface area (Å²) in [4.78, 5) is 2.42. The van der Waals surface area contributed by atoms with Gasteiger partial charge in [-0.3, -0.25) is 4.90 Å². The van der Waals surface area contributed by atoms with Crippen LogP contribution in [0.3, 0.4) is 0 Å². The lowest BCUT2D eigenvalue weighted by atomic mass is 10.0. The molecular formula is C17H22FNO. The highest BCUT2D eigenvalue weighted by atomic mass is 19.1. The molecule has 1 N–H and O–H groups in total. The Labute approximate surface area is 120 Å². The molecule has 2 rings (SSSR count). The van der Waals surface area contributed by atoms with Crippen LogP contribution < -0.4 is 0 Å². The van der Waals surface area contributed by atoms with Crippen molar-refractivity contribution in [2.24, 2.45) is 5.92 Å². The van der Waals surface area contributed by atoms with Gasteiger partial charge in [-0.05, 0) is 56.0 Å². The summed E-state index contributed by atoms with van der Waals surface area (Å²) in [6.07, 6.45) is 3.73. The van der Waals surface area contributed by atoms with Gasteiger partial charge in [0.15, 0.2) is 0 Å². The third kappa shape index (κ3) is 4.33. The van der Waals surface area contributed by atoms with Crippen LogP contribution in [0.1, 0.15) is 37.3 Å². The van der Waals surface area contributed by atoms with Gasteiger partial charge < -0.3 is 5.11 Å². The van der Waals surface area contributed by atoms with Crippen molar-refractivity contribution in [2.45, 2.75) is 32.7 Å². The predicted molar refractivity (Wildman–Crippen MR) is 78.7 cm³/mol. The molecule has 0 spiro atoms. The largest absolute Gasteiger partial charge is 0.384 e. The standard InChI is InChI=1S/C17H22FNO/c1-14-4-2-9-19(10-8-14)13-16-6-7-17(18)12-15(16)5-3-11-20/h6-7,12,14,20H,2,4,8-11,13H2,1H3. The van der Waals surface area contributed by atoms with Crippen LogP contribution >= 0.6 is 0 Å². The Morgan fingerprint density at radius 3 is 3.00 bits per heavy atom. The monoisotopic (exact) mass is 275 g/mol. The first-order valence-corrected chi connectivity index (χ1v) is 7.29. The number of nitrogens with zero attached hydrogens (tertiary/aromatic N) is 1. The van der Waals surface area contributed by atoms with Gasteiger partial charge in [-0.25, -0.2) is 4.39 Å². The smallest absolute Gasteiger partial charge is 0.124 e. The van der Waals surface area contributed by atoms with Gasteiger partial charge in [0.1, 0.15) is 12.4 Å². The van der Waals surface area contributed by atoms with Crippen LogP contribution in [0.5, 0.6) is 0 Å². The molecule has 0 radical (unpaired) electrons. The van der Waals surface area contributed by atoms with Crippen molar-refractivity contribution < 1.29 is 9.50 Å². The number of likely N-dealkylation sites (tertiary alicyclic amines) is 1. The lowest BCUT2D eigenvalue weighted by molar-refractivity contribution is 0.273. The van der Waals surface area contributed by atoms with E-state index in [1.54, 1.807) is 0 Å². The van der Waals surface area contributed by atoms with Gasteiger partial charge in [-0.1, -0.05) is 24.8 Å². The molecular weight excluding hydrogens is 253 g/mol. The molecule has 0 saturated carbocycles. The molecule has 1 aromatic rings. The summed E-state index contributed by atoms with van der Waals surface area (Å²) in [5.41, 5.74) is 1.73. The van der Waals surface area contributed by atoms with Gasteiger partial charge in [0.25, 0.3) is 0 Å². The topological polar surface area (TPSA) is 23.5 Å². The molecule has 1 fully saturated rings. The lowest BCUT2D eigenvalue weighted by Crippen LogP contribution is -2.24. The first kappa shape index (κ1) is 15.0. The summed E-state index contributed by atoms with van der Waals surface area (Å²) in [7, 11) is 0. The highest BCUT2D eigenvalue weighted by Gasteiger charge is 2.15. The van der Waals surface area contributed by atoms with E-state index in [9.17, 15) is 4.39 Å². The van der Waals surface area contributed by atoms with Crippen LogP contribution in [0.25, 0.3) is 0 Å². The zero-order chi connectivity index (χ0) is 14.4. The average Bonchev–Trinajstić information content (AvgIpc) is 2.64. The van der Waals surface area contributed by atoms with E-state index in [0.717, 1.165) is 31.1 Å². The first-order valence-electron chi connectivity index (χ1n) is 7.29. The molecule has 108 valence electrons. The van der Waals surface area contributed by atoms with Crippen molar-refractivity contribution >= 4 is 0 Å². The Hall–Kier alpha value is -1.37. The van der Waals surface area contributed by atoms with Crippen LogP contribution in [0.2, 0.25) is 0 Å². The minimum Gasteiger partial charge on any atom is -0.384 e. The second kappa shape index (κ2) is 7.42. The van der Waals surface area contributed by atoms with Crippen molar-refractivity contribution in [3.63, 3.8) is 0 Å². The Balaban J connectivity index is 2.11. The molecule has 3 heteroatoms. The van der Waals surface area contributed by atoms with E-state index in [2.05, 4.69) is 23.7 Å². The molecule has 1 aliphatic heterocycles. The maximum atomic E-state index is 13.3. The van der Waals surface area contributed by atoms with E-state index in [1.165, 1.54) is 31.4 Å². The zero-order valence-corrected chi connectivity index (χ0v) is 12.0. The maximum absolute atomic E-state index is 13.3. The van der Waals surface area contributed by atoms with Crippen molar-refractivity contribution in [3.8, 4) is 11.8 Å². The number of aliphatic hydroxyl groups excluding tert-OH is 1. The molecule has 1 heterocycles. The normalized spacial score (nSPS) is 20.1. The molecule has 1 unspecified atom stereocenters. The van der Waals surface area contributed by atoms with E-state index in [-0.39, 0.29) is 12.4 Å². The van der Waals surface area contributed by atoms with E-state index in [0.29, 0.717) is 5.56 Å². The molecule has 0 amide bonds. The lowest BCUT2D eigenvalue weighted by Gasteiger charge is -2.20. The second-order valence-corrected chi connectivity index (χ2v) is 5.57. The number of aliphatic hydroxyl groups is 1. The van der Waals surface area contributed by atoms with Gasteiger partial charge in [0.2, 0.25) is 0 Å². The summed E-state index contributed by atoms with van der Waals surface area (Å²) in [5.74, 6) is 5.98. The first-order chi connectivity index (χ1) is 9.69. The van der Waals surface area contributed by atoms with Gasteiger partial charge in [-0.15, -0.1) is 0 Å². The Morgan fingerprint density at radius 1 is 1.35 bits per heavy atom. The van der Waals surface area contributed by atoms with E-state index >= 15 is 0 Å².